The summed E-state index contributed by atoms with van der Waals surface area (Å²) in [5.74, 6) is -2.72. The number of hydrogen-bond acceptors (Lipinski definition) is 4. The molecule has 0 spiro atoms. The van der Waals surface area contributed by atoms with Gasteiger partial charge in [-0.25, -0.2) is 8.78 Å². The molecule has 1 saturated heterocycles. The van der Waals surface area contributed by atoms with E-state index in [0.717, 1.165) is 18.1 Å². The van der Waals surface area contributed by atoms with Crippen LogP contribution in [0, 0.1) is 17.6 Å². The van der Waals surface area contributed by atoms with Crippen LogP contribution in [0.2, 0.25) is 5.02 Å². The molecule has 0 aromatic heterocycles. The molecular formula is C30H32ClF2N3O3. The number of rotatable bonds is 11. The molecule has 3 aromatic carbocycles. The molecule has 3 N–H and O–H groups in total. The Labute approximate surface area is 232 Å². The van der Waals surface area contributed by atoms with Crippen LogP contribution < -0.4 is 15.5 Å². The fourth-order valence-electron chi connectivity index (χ4n) is 4.79. The maximum Gasteiger partial charge on any atom is 0.227 e. The summed E-state index contributed by atoms with van der Waals surface area (Å²) in [5, 5.41) is 17.6. The monoisotopic (exact) mass is 555 g/mol. The van der Waals surface area contributed by atoms with Crippen LogP contribution in [0.4, 0.5) is 14.5 Å². The van der Waals surface area contributed by atoms with Crippen LogP contribution in [0.3, 0.4) is 0 Å². The highest BCUT2D eigenvalue weighted by molar-refractivity contribution is 6.30. The molecule has 0 radical (unpaired) electrons. The predicted octanol–water partition coefficient (Wildman–Crippen LogP) is 4.41. The number of amides is 2. The van der Waals surface area contributed by atoms with Crippen molar-refractivity contribution >= 4 is 29.1 Å². The first-order valence-electron chi connectivity index (χ1n) is 13.0. The van der Waals surface area contributed by atoms with Gasteiger partial charge in [0.05, 0.1) is 18.1 Å². The highest BCUT2D eigenvalue weighted by Gasteiger charge is 2.36. The molecule has 1 aliphatic heterocycles. The summed E-state index contributed by atoms with van der Waals surface area (Å²) >= 11 is 5.95. The number of aliphatic hydroxyl groups excluding tert-OH is 1. The summed E-state index contributed by atoms with van der Waals surface area (Å²) in [6.45, 7) is 2.90. The van der Waals surface area contributed by atoms with E-state index in [4.69, 9.17) is 11.6 Å². The number of nitrogens with zero attached hydrogens (tertiary/aromatic N) is 1. The number of carbonyl (C=O) groups is 2. The third-order valence-electron chi connectivity index (χ3n) is 6.89. The SMILES string of the molecule is CCc1cccc(CNC[C@@H](O)[C@H](Cc2cc(F)cc(F)c2)NC(=O)C2CC(=O)N(c3ccc(Cl)cc3)C2)c1. The van der Waals surface area contributed by atoms with E-state index in [1.165, 1.54) is 22.6 Å². The number of aryl methyl sites for hydroxylation is 1. The predicted molar refractivity (Wildman–Crippen MR) is 147 cm³/mol. The molecule has 2 amide bonds. The molecule has 1 unspecified atom stereocenters. The van der Waals surface area contributed by atoms with Gasteiger partial charge >= 0.3 is 0 Å². The molecule has 1 fully saturated rings. The minimum Gasteiger partial charge on any atom is -0.390 e. The first kappa shape index (κ1) is 28.7. The lowest BCUT2D eigenvalue weighted by molar-refractivity contribution is -0.127. The average molecular weight is 556 g/mol. The summed E-state index contributed by atoms with van der Waals surface area (Å²) in [7, 11) is 0. The van der Waals surface area contributed by atoms with Gasteiger partial charge in [-0.3, -0.25) is 9.59 Å². The smallest absolute Gasteiger partial charge is 0.227 e. The molecule has 9 heteroatoms. The number of carbonyl (C=O) groups excluding carboxylic acids is 2. The number of benzene rings is 3. The zero-order valence-electron chi connectivity index (χ0n) is 21.7. The van der Waals surface area contributed by atoms with E-state index in [1.807, 2.05) is 18.2 Å². The number of halogens is 3. The fraction of sp³-hybridized carbons (Fsp3) is 0.333. The Morgan fingerprint density at radius 2 is 1.74 bits per heavy atom. The minimum atomic E-state index is -1.06. The first-order chi connectivity index (χ1) is 18.7. The van der Waals surface area contributed by atoms with E-state index >= 15 is 0 Å². The number of aliphatic hydroxyl groups is 1. The van der Waals surface area contributed by atoms with Gasteiger partial charge in [-0.15, -0.1) is 0 Å². The van der Waals surface area contributed by atoms with E-state index in [2.05, 4.69) is 23.6 Å². The number of nitrogens with one attached hydrogen (secondary N) is 2. The van der Waals surface area contributed by atoms with Gasteiger partial charge in [0.15, 0.2) is 0 Å². The van der Waals surface area contributed by atoms with Crippen molar-refractivity contribution in [2.75, 3.05) is 18.0 Å². The second-order valence-corrected chi connectivity index (χ2v) is 10.3. The molecule has 4 rings (SSSR count). The molecule has 0 bridgehead atoms. The van der Waals surface area contributed by atoms with Crippen molar-refractivity contribution in [1.82, 2.24) is 10.6 Å². The summed E-state index contributed by atoms with van der Waals surface area (Å²) in [6, 6.07) is 17.2. The van der Waals surface area contributed by atoms with E-state index in [-0.39, 0.29) is 31.8 Å². The van der Waals surface area contributed by atoms with Gasteiger partial charge in [-0.05, 0) is 65.9 Å². The van der Waals surface area contributed by atoms with E-state index in [0.29, 0.717) is 22.8 Å². The number of anilines is 1. The summed E-state index contributed by atoms with van der Waals surface area (Å²) in [4.78, 5) is 27.4. The third-order valence-corrected chi connectivity index (χ3v) is 7.14. The molecule has 6 nitrogen and oxygen atoms in total. The Bertz CT molecular complexity index is 1280. The standard InChI is InChI=1S/C30H32ClF2N3O3/c1-2-19-4-3-5-20(10-19)16-34-17-28(37)27(13-21-11-24(32)15-25(33)12-21)35-30(39)22-14-29(38)36(18-22)26-8-6-23(31)7-9-26/h3-12,15,22,27-28,34,37H,2,13-14,16-18H2,1H3,(H,35,39)/t22?,27-,28+/m0/s1. The van der Waals surface area contributed by atoms with Crippen LogP contribution in [0.25, 0.3) is 0 Å². The Morgan fingerprint density at radius 1 is 1.05 bits per heavy atom. The van der Waals surface area contributed by atoms with Gasteiger partial charge in [0, 0.05) is 42.8 Å². The van der Waals surface area contributed by atoms with Crippen LogP contribution in [0.15, 0.2) is 66.7 Å². The lowest BCUT2D eigenvalue weighted by atomic mass is 9.99. The zero-order valence-corrected chi connectivity index (χ0v) is 22.4. The van der Waals surface area contributed by atoms with Crippen LogP contribution in [0.1, 0.15) is 30.0 Å². The summed E-state index contributed by atoms with van der Waals surface area (Å²) in [6.07, 6.45) is -0.124. The van der Waals surface area contributed by atoms with Crippen LogP contribution >= 0.6 is 11.6 Å². The third kappa shape index (κ3) is 7.85. The van der Waals surface area contributed by atoms with E-state index in [9.17, 15) is 23.5 Å². The highest BCUT2D eigenvalue weighted by atomic mass is 35.5. The Hall–Kier alpha value is -3.33. The van der Waals surface area contributed by atoms with Gasteiger partial charge in [0.25, 0.3) is 0 Å². The second-order valence-electron chi connectivity index (χ2n) is 9.85. The Balaban J connectivity index is 1.43. The van der Waals surface area contributed by atoms with Gasteiger partial charge in [0.2, 0.25) is 11.8 Å². The lowest BCUT2D eigenvalue weighted by Gasteiger charge is -2.26. The molecule has 1 heterocycles. The maximum absolute atomic E-state index is 13.9. The summed E-state index contributed by atoms with van der Waals surface area (Å²) in [5.41, 5.74) is 3.20. The first-order valence-corrected chi connectivity index (χ1v) is 13.4. The van der Waals surface area contributed by atoms with Gasteiger partial charge in [0.1, 0.15) is 11.6 Å². The van der Waals surface area contributed by atoms with Gasteiger partial charge in [-0.1, -0.05) is 42.8 Å². The van der Waals surface area contributed by atoms with Crippen molar-refractivity contribution in [3.05, 3.63) is 100 Å². The molecule has 206 valence electrons. The molecular weight excluding hydrogens is 524 g/mol. The topological polar surface area (TPSA) is 81.7 Å². The normalized spacial score (nSPS) is 16.8. The van der Waals surface area contributed by atoms with Crippen LogP contribution in [-0.2, 0) is 29.0 Å². The zero-order chi connectivity index (χ0) is 27.9. The van der Waals surface area contributed by atoms with Gasteiger partial charge in [-0.2, -0.15) is 0 Å². The Morgan fingerprint density at radius 3 is 2.44 bits per heavy atom. The van der Waals surface area contributed by atoms with Crippen molar-refractivity contribution in [3.8, 4) is 0 Å². The largest absolute Gasteiger partial charge is 0.390 e. The van der Waals surface area contributed by atoms with Crippen molar-refractivity contribution in [2.24, 2.45) is 5.92 Å². The molecule has 0 saturated carbocycles. The highest BCUT2D eigenvalue weighted by Crippen LogP contribution is 2.26. The van der Waals surface area contributed by atoms with Crippen LogP contribution in [-0.4, -0.2) is 42.2 Å². The van der Waals surface area contributed by atoms with Crippen LogP contribution in [0.5, 0.6) is 0 Å². The second kappa shape index (κ2) is 13.2. The minimum absolute atomic E-state index is 0.0101. The number of hydrogen-bond donors (Lipinski definition) is 3. The van der Waals surface area contributed by atoms with Crippen molar-refractivity contribution in [3.63, 3.8) is 0 Å². The molecule has 3 aromatic rings. The molecule has 39 heavy (non-hydrogen) atoms. The van der Waals surface area contributed by atoms with E-state index < -0.39 is 35.6 Å². The molecule has 1 aliphatic rings. The average Bonchev–Trinajstić information content (AvgIpc) is 3.30. The quantitative estimate of drug-likeness (QED) is 0.327. The summed E-state index contributed by atoms with van der Waals surface area (Å²) < 4.78 is 27.7. The van der Waals surface area contributed by atoms with E-state index in [1.54, 1.807) is 24.3 Å². The molecule has 3 atom stereocenters. The van der Waals surface area contributed by atoms with Crippen molar-refractivity contribution < 1.29 is 23.5 Å². The lowest BCUT2D eigenvalue weighted by Crippen LogP contribution is -2.50. The van der Waals surface area contributed by atoms with Crippen molar-refractivity contribution in [2.45, 2.75) is 44.9 Å². The fourth-order valence-corrected chi connectivity index (χ4v) is 4.91. The van der Waals surface area contributed by atoms with Crippen molar-refractivity contribution in [1.29, 1.82) is 0 Å². The Kier molecular flexibility index (Phi) is 9.67. The maximum atomic E-state index is 13.9. The van der Waals surface area contributed by atoms with Gasteiger partial charge < -0.3 is 20.6 Å². The molecule has 0 aliphatic carbocycles.